The predicted octanol–water partition coefficient (Wildman–Crippen LogP) is 5.02. The summed E-state index contributed by atoms with van der Waals surface area (Å²) < 4.78 is 26.3. The van der Waals surface area contributed by atoms with Crippen LogP contribution in [0.4, 0.5) is 8.78 Å². The Hall–Kier alpha value is -1.10. The van der Waals surface area contributed by atoms with Gasteiger partial charge in [-0.1, -0.05) is 35.5 Å². The van der Waals surface area contributed by atoms with E-state index in [4.69, 9.17) is 11.6 Å². The highest BCUT2D eigenvalue weighted by molar-refractivity contribution is 7.99. The molecular formula is C16H14ClF2NS. The van der Waals surface area contributed by atoms with Crippen molar-refractivity contribution < 1.29 is 8.78 Å². The van der Waals surface area contributed by atoms with Crippen molar-refractivity contribution in [1.29, 1.82) is 0 Å². The Bertz CT molecular complexity index is 659. The fourth-order valence-electron chi connectivity index (χ4n) is 2.01. The van der Waals surface area contributed by atoms with Gasteiger partial charge in [0.1, 0.15) is 0 Å². The number of benzene rings is 2. The van der Waals surface area contributed by atoms with E-state index in [-0.39, 0.29) is 0 Å². The van der Waals surface area contributed by atoms with E-state index in [1.165, 1.54) is 30.7 Å². The highest BCUT2D eigenvalue weighted by Gasteiger charge is 2.21. The molecule has 0 atom stereocenters. The molecule has 1 aliphatic rings. The lowest BCUT2D eigenvalue weighted by Gasteiger charge is -2.12. The maximum atomic E-state index is 13.3. The molecule has 110 valence electrons. The summed E-state index contributed by atoms with van der Waals surface area (Å²) in [5, 5.41) is 4.07. The van der Waals surface area contributed by atoms with Crippen molar-refractivity contribution in [3.05, 3.63) is 58.6 Å². The molecule has 1 saturated carbocycles. The summed E-state index contributed by atoms with van der Waals surface area (Å²) in [5.74, 6) is -1.68. The lowest BCUT2D eigenvalue weighted by molar-refractivity contribution is 0.506. The standard InChI is InChI=1S/C16H14ClF2NS/c17-13-3-1-2-10(9-20-11-4-5-11)16(13)21-12-6-7-14(18)15(19)8-12/h1-3,6-8,11,20H,4-5,9H2. The van der Waals surface area contributed by atoms with Crippen LogP contribution in [0, 0.1) is 11.6 Å². The van der Waals surface area contributed by atoms with Gasteiger partial charge in [-0.15, -0.1) is 0 Å². The van der Waals surface area contributed by atoms with E-state index < -0.39 is 11.6 Å². The minimum atomic E-state index is -0.843. The van der Waals surface area contributed by atoms with E-state index >= 15 is 0 Å². The minimum absolute atomic E-state index is 0.602. The third-order valence-electron chi connectivity index (χ3n) is 3.32. The molecule has 1 aliphatic carbocycles. The van der Waals surface area contributed by atoms with Crippen molar-refractivity contribution in [2.24, 2.45) is 0 Å². The van der Waals surface area contributed by atoms with Gasteiger partial charge in [0, 0.05) is 22.4 Å². The maximum Gasteiger partial charge on any atom is 0.159 e. The molecule has 3 rings (SSSR count). The highest BCUT2D eigenvalue weighted by atomic mass is 35.5. The Morgan fingerprint density at radius 1 is 1.14 bits per heavy atom. The van der Waals surface area contributed by atoms with Gasteiger partial charge in [-0.25, -0.2) is 8.78 Å². The van der Waals surface area contributed by atoms with Gasteiger partial charge >= 0.3 is 0 Å². The molecule has 0 unspecified atom stereocenters. The molecule has 1 N–H and O–H groups in total. The summed E-state index contributed by atoms with van der Waals surface area (Å²) in [6.07, 6.45) is 2.43. The Kier molecular flexibility index (Phi) is 4.48. The van der Waals surface area contributed by atoms with Crippen LogP contribution in [0.2, 0.25) is 5.02 Å². The first-order chi connectivity index (χ1) is 10.1. The zero-order valence-electron chi connectivity index (χ0n) is 11.2. The maximum absolute atomic E-state index is 13.3. The number of halogens is 3. The Balaban J connectivity index is 1.83. The van der Waals surface area contributed by atoms with Gasteiger partial charge in [0.25, 0.3) is 0 Å². The van der Waals surface area contributed by atoms with Gasteiger partial charge in [0.2, 0.25) is 0 Å². The second-order valence-corrected chi connectivity index (χ2v) is 6.55. The van der Waals surface area contributed by atoms with Gasteiger partial charge in [-0.05, 0) is 42.7 Å². The molecule has 1 fully saturated rings. The molecule has 0 amide bonds. The van der Waals surface area contributed by atoms with Crippen molar-refractivity contribution in [3.63, 3.8) is 0 Å². The Labute approximate surface area is 131 Å². The molecule has 0 heterocycles. The van der Waals surface area contributed by atoms with Gasteiger partial charge in [-0.2, -0.15) is 0 Å². The SMILES string of the molecule is Fc1ccc(Sc2c(Cl)cccc2CNC2CC2)cc1F. The molecule has 21 heavy (non-hydrogen) atoms. The van der Waals surface area contributed by atoms with Crippen LogP contribution >= 0.6 is 23.4 Å². The summed E-state index contributed by atoms with van der Waals surface area (Å²) in [7, 11) is 0. The van der Waals surface area contributed by atoms with Gasteiger partial charge in [0.05, 0.1) is 5.02 Å². The van der Waals surface area contributed by atoms with Crippen molar-refractivity contribution in [1.82, 2.24) is 5.32 Å². The molecule has 0 aliphatic heterocycles. The van der Waals surface area contributed by atoms with E-state index in [1.807, 2.05) is 18.2 Å². The zero-order valence-corrected chi connectivity index (χ0v) is 12.8. The average molecular weight is 326 g/mol. The summed E-state index contributed by atoms with van der Waals surface area (Å²) in [6.45, 7) is 0.733. The van der Waals surface area contributed by atoms with E-state index in [2.05, 4.69) is 5.32 Å². The van der Waals surface area contributed by atoms with Crippen molar-refractivity contribution >= 4 is 23.4 Å². The molecule has 0 saturated heterocycles. The Morgan fingerprint density at radius 3 is 2.67 bits per heavy atom. The monoisotopic (exact) mass is 325 g/mol. The fourth-order valence-corrected chi connectivity index (χ4v) is 3.29. The number of rotatable bonds is 5. The first-order valence-corrected chi connectivity index (χ1v) is 7.96. The van der Waals surface area contributed by atoms with Gasteiger partial charge in [-0.3, -0.25) is 0 Å². The average Bonchev–Trinajstić information content (AvgIpc) is 3.28. The van der Waals surface area contributed by atoms with Crippen LogP contribution in [-0.4, -0.2) is 6.04 Å². The minimum Gasteiger partial charge on any atom is -0.310 e. The zero-order chi connectivity index (χ0) is 14.8. The normalized spacial score (nSPS) is 14.4. The molecular weight excluding hydrogens is 312 g/mol. The van der Waals surface area contributed by atoms with Gasteiger partial charge < -0.3 is 5.32 Å². The number of hydrogen-bond acceptors (Lipinski definition) is 2. The summed E-state index contributed by atoms with van der Waals surface area (Å²) in [4.78, 5) is 1.52. The molecule has 0 radical (unpaired) electrons. The van der Waals surface area contributed by atoms with Crippen LogP contribution in [0.5, 0.6) is 0 Å². The predicted molar refractivity (Wildman–Crippen MR) is 81.8 cm³/mol. The largest absolute Gasteiger partial charge is 0.310 e. The van der Waals surface area contributed by atoms with Crippen LogP contribution < -0.4 is 5.32 Å². The van der Waals surface area contributed by atoms with E-state index in [0.717, 1.165) is 23.1 Å². The number of hydrogen-bond donors (Lipinski definition) is 1. The van der Waals surface area contributed by atoms with E-state index in [0.29, 0.717) is 16.0 Å². The lowest BCUT2D eigenvalue weighted by Crippen LogP contribution is -2.15. The van der Waals surface area contributed by atoms with E-state index in [1.54, 1.807) is 6.07 Å². The molecule has 0 aromatic heterocycles. The van der Waals surface area contributed by atoms with Crippen LogP contribution in [0.1, 0.15) is 18.4 Å². The van der Waals surface area contributed by atoms with Crippen LogP contribution in [-0.2, 0) is 6.54 Å². The van der Waals surface area contributed by atoms with Crippen molar-refractivity contribution in [2.45, 2.75) is 35.2 Å². The second kappa shape index (κ2) is 6.34. The third-order valence-corrected chi connectivity index (χ3v) is 4.92. The summed E-state index contributed by atoms with van der Waals surface area (Å²) in [6, 6.07) is 10.2. The van der Waals surface area contributed by atoms with Crippen LogP contribution in [0.3, 0.4) is 0 Å². The Morgan fingerprint density at radius 2 is 1.95 bits per heavy atom. The quantitative estimate of drug-likeness (QED) is 0.828. The smallest absolute Gasteiger partial charge is 0.159 e. The van der Waals surface area contributed by atoms with Crippen molar-refractivity contribution in [2.75, 3.05) is 0 Å². The van der Waals surface area contributed by atoms with Crippen LogP contribution in [0.25, 0.3) is 0 Å². The van der Waals surface area contributed by atoms with Crippen LogP contribution in [0.15, 0.2) is 46.2 Å². The molecule has 0 bridgehead atoms. The topological polar surface area (TPSA) is 12.0 Å². The van der Waals surface area contributed by atoms with E-state index in [9.17, 15) is 8.78 Å². The second-order valence-electron chi connectivity index (χ2n) is 5.06. The molecule has 2 aromatic carbocycles. The molecule has 5 heteroatoms. The molecule has 0 spiro atoms. The first kappa shape index (κ1) is 14.8. The summed E-state index contributed by atoms with van der Waals surface area (Å²) >= 11 is 7.62. The highest BCUT2D eigenvalue weighted by Crippen LogP contribution is 2.36. The first-order valence-electron chi connectivity index (χ1n) is 6.77. The fraction of sp³-hybridized carbons (Fsp3) is 0.250. The lowest BCUT2D eigenvalue weighted by atomic mass is 10.2. The van der Waals surface area contributed by atoms with Crippen molar-refractivity contribution in [3.8, 4) is 0 Å². The summed E-state index contributed by atoms with van der Waals surface area (Å²) in [5.41, 5.74) is 1.07. The third kappa shape index (κ3) is 3.76. The number of nitrogens with one attached hydrogen (secondary N) is 1. The molecule has 1 nitrogen and oxygen atoms in total. The van der Waals surface area contributed by atoms with Gasteiger partial charge in [0.15, 0.2) is 11.6 Å². The molecule has 2 aromatic rings.